The quantitative estimate of drug-likeness (QED) is 0.702. The van der Waals surface area contributed by atoms with Gasteiger partial charge in [-0.2, -0.15) is 0 Å². The number of methoxy groups -OCH3 is 1. The number of nitrogens with one attached hydrogen (secondary N) is 1. The monoisotopic (exact) mass is 377 g/mol. The van der Waals surface area contributed by atoms with Gasteiger partial charge in [0.15, 0.2) is 0 Å². The Morgan fingerprint density at radius 2 is 2.07 bits per heavy atom. The summed E-state index contributed by atoms with van der Waals surface area (Å²) in [6, 6.07) is 4.23. The third-order valence-corrected chi connectivity index (χ3v) is 4.47. The average molecular weight is 378 g/mol. The second kappa shape index (κ2) is 10.0. The van der Waals surface area contributed by atoms with Crippen molar-refractivity contribution < 1.29 is 14.3 Å². The van der Waals surface area contributed by atoms with Crippen LogP contribution in [0.5, 0.6) is 0 Å². The molecular weight excluding hydrogens is 342 g/mol. The molecule has 2 heterocycles. The molecule has 6 heteroatoms. The predicted octanol–water partition coefficient (Wildman–Crippen LogP) is 3.57. The average Bonchev–Trinajstić information content (AvgIpc) is 2.59. The molecule has 1 unspecified atom stereocenters. The molecule has 0 saturated carbocycles. The molecule has 0 radical (unpaired) electrons. The number of hydrogen-bond donors (Lipinski definition) is 1. The summed E-state index contributed by atoms with van der Waals surface area (Å²) in [7, 11) is 1.71. The molecule has 0 fully saturated rings. The molecule has 0 saturated heterocycles. The highest BCUT2D eigenvalue weighted by Crippen LogP contribution is 2.29. The van der Waals surface area contributed by atoms with E-state index in [0.717, 1.165) is 62.5 Å². The van der Waals surface area contributed by atoms with Gasteiger partial charge in [-0.15, -0.1) is 0 Å². The van der Waals surface area contributed by atoms with E-state index in [1.165, 1.54) is 0 Å². The van der Waals surface area contributed by atoms with Crippen LogP contribution < -0.4 is 10.2 Å². The summed E-state index contributed by atoms with van der Waals surface area (Å²) >= 11 is 0. The Morgan fingerprint density at radius 3 is 2.78 bits per heavy atom. The molecule has 1 aromatic heterocycles. The number of ether oxygens (including phenoxy) is 2. The molecule has 1 aliphatic rings. The van der Waals surface area contributed by atoms with Crippen LogP contribution in [0.2, 0.25) is 0 Å². The van der Waals surface area contributed by atoms with Crippen molar-refractivity contribution in [3.05, 3.63) is 23.4 Å². The number of amides is 1. The van der Waals surface area contributed by atoms with Gasteiger partial charge in [-0.1, -0.05) is 13.0 Å². The lowest BCUT2D eigenvalue weighted by Gasteiger charge is -2.33. The smallest absolute Gasteiger partial charge is 0.416 e. The number of fused-ring (bicyclic) bond motifs is 1. The van der Waals surface area contributed by atoms with Crippen molar-refractivity contribution in [1.82, 2.24) is 10.3 Å². The number of aromatic nitrogens is 1. The van der Waals surface area contributed by atoms with Crippen LogP contribution in [0.1, 0.15) is 51.8 Å². The van der Waals surface area contributed by atoms with Crippen LogP contribution >= 0.6 is 0 Å². The van der Waals surface area contributed by atoms with E-state index in [4.69, 9.17) is 14.5 Å². The maximum absolute atomic E-state index is 12.7. The Kier molecular flexibility index (Phi) is 8.05. The Hall–Kier alpha value is -1.66. The first-order valence-electron chi connectivity index (χ1n) is 9.99. The van der Waals surface area contributed by atoms with E-state index in [2.05, 4.69) is 24.4 Å². The summed E-state index contributed by atoms with van der Waals surface area (Å²) in [5.74, 6) is 1.17. The van der Waals surface area contributed by atoms with E-state index in [1.54, 1.807) is 12.0 Å². The van der Waals surface area contributed by atoms with Crippen molar-refractivity contribution in [2.75, 3.05) is 38.3 Å². The minimum absolute atomic E-state index is 0.303. The van der Waals surface area contributed by atoms with Crippen LogP contribution in [0.3, 0.4) is 0 Å². The number of rotatable bonds is 8. The Labute approximate surface area is 163 Å². The molecule has 1 atom stereocenters. The summed E-state index contributed by atoms with van der Waals surface area (Å²) in [5, 5.41) is 3.36. The van der Waals surface area contributed by atoms with Crippen LogP contribution in [-0.4, -0.2) is 50.0 Å². The Morgan fingerprint density at radius 1 is 1.30 bits per heavy atom. The third kappa shape index (κ3) is 7.11. The summed E-state index contributed by atoms with van der Waals surface area (Å²) in [6.45, 7) is 11.1. The maximum Gasteiger partial charge on any atom is 0.416 e. The van der Waals surface area contributed by atoms with Gasteiger partial charge in [0.05, 0.1) is 6.61 Å². The number of hydrogen-bond acceptors (Lipinski definition) is 5. The molecule has 1 N–H and O–H groups in total. The minimum atomic E-state index is -0.509. The lowest BCUT2D eigenvalue weighted by Crippen LogP contribution is -2.43. The molecule has 152 valence electrons. The summed E-state index contributed by atoms with van der Waals surface area (Å²) < 4.78 is 10.6. The van der Waals surface area contributed by atoms with Crippen molar-refractivity contribution in [3.63, 3.8) is 0 Å². The lowest BCUT2D eigenvalue weighted by molar-refractivity contribution is 0.0571. The van der Waals surface area contributed by atoms with Crippen LogP contribution in [-0.2, 0) is 22.3 Å². The summed E-state index contributed by atoms with van der Waals surface area (Å²) in [5.41, 5.74) is 1.66. The number of nitrogens with zero attached hydrogens (tertiary/aromatic N) is 2. The molecule has 1 amide bonds. The van der Waals surface area contributed by atoms with Crippen molar-refractivity contribution in [3.8, 4) is 0 Å². The fraction of sp³-hybridized carbons (Fsp3) is 0.714. The summed E-state index contributed by atoms with van der Waals surface area (Å²) in [6.07, 6.45) is 3.72. The van der Waals surface area contributed by atoms with Gasteiger partial charge in [0.2, 0.25) is 0 Å². The zero-order valence-corrected chi connectivity index (χ0v) is 17.5. The third-order valence-electron chi connectivity index (χ3n) is 4.47. The molecule has 2 rings (SSSR count). The van der Waals surface area contributed by atoms with Gasteiger partial charge in [0.25, 0.3) is 0 Å². The maximum atomic E-state index is 12.7. The van der Waals surface area contributed by atoms with Crippen LogP contribution in [0.25, 0.3) is 0 Å². The van der Waals surface area contributed by atoms with Crippen molar-refractivity contribution in [2.24, 2.45) is 5.92 Å². The van der Waals surface area contributed by atoms with Gasteiger partial charge >= 0.3 is 6.09 Å². The van der Waals surface area contributed by atoms with Crippen LogP contribution in [0.4, 0.5) is 10.6 Å². The SMILES string of the molecule is COCCNCCCCc1ccc2c(n1)N(C(=O)OC(C)(C)C)CC(C)C2. The van der Waals surface area contributed by atoms with Gasteiger partial charge in [-0.25, -0.2) is 9.78 Å². The van der Waals surface area contributed by atoms with Crippen molar-refractivity contribution >= 4 is 11.9 Å². The minimum Gasteiger partial charge on any atom is -0.443 e. The highest BCUT2D eigenvalue weighted by Gasteiger charge is 2.31. The molecule has 27 heavy (non-hydrogen) atoms. The topological polar surface area (TPSA) is 63.7 Å². The molecule has 0 spiro atoms. The van der Waals surface area contributed by atoms with E-state index in [1.807, 2.05) is 20.8 Å². The predicted molar refractivity (Wildman–Crippen MR) is 108 cm³/mol. The number of carbonyl (C=O) groups excluding carboxylic acids is 1. The highest BCUT2D eigenvalue weighted by atomic mass is 16.6. The number of unbranched alkanes of at least 4 members (excludes halogenated alkanes) is 1. The van der Waals surface area contributed by atoms with E-state index in [-0.39, 0.29) is 6.09 Å². The lowest BCUT2D eigenvalue weighted by atomic mass is 9.96. The number of anilines is 1. The molecule has 0 aromatic carbocycles. The zero-order valence-electron chi connectivity index (χ0n) is 17.5. The van der Waals surface area contributed by atoms with E-state index in [9.17, 15) is 4.79 Å². The van der Waals surface area contributed by atoms with Crippen LogP contribution in [0.15, 0.2) is 12.1 Å². The fourth-order valence-corrected chi connectivity index (χ4v) is 3.22. The van der Waals surface area contributed by atoms with Gasteiger partial charge < -0.3 is 14.8 Å². The molecule has 1 aromatic rings. The number of pyridine rings is 1. The first kappa shape index (κ1) is 21.6. The zero-order chi connectivity index (χ0) is 19.9. The first-order chi connectivity index (χ1) is 12.8. The molecule has 1 aliphatic heterocycles. The van der Waals surface area contributed by atoms with E-state index >= 15 is 0 Å². The molecule has 0 bridgehead atoms. The number of carbonyl (C=O) groups is 1. The van der Waals surface area contributed by atoms with Gasteiger partial charge in [-0.3, -0.25) is 4.90 Å². The largest absolute Gasteiger partial charge is 0.443 e. The first-order valence-corrected chi connectivity index (χ1v) is 9.99. The van der Waals surface area contributed by atoms with Gasteiger partial charge in [0.1, 0.15) is 11.4 Å². The van der Waals surface area contributed by atoms with Crippen LogP contribution in [0, 0.1) is 5.92 Å². The second-order valence-electron chi connectivity index (χ2n) is 8.39. The standard InChI is InChI=1S/C21H35N3O3/c1-16-14-17-9-10-18(8-6-7-11-22-12-13-26-5)23-19(17)24(15-16)20(25)27-21(2,3)4/h9-10,16,22H,6-8,11-15H2,1-5H3. The van der Waals surface area contributed by atoms with Gasteiger partial charge in [-0.05, 0) is 70.5 Å². The van der Waals surface area contributed by atoms with E-state index in [0.29, 0.717) is 12.5 Å². The van der Waals surface area contributed by atoms with Crippen molar-refractivity contribution in [2.45, 2.75) is 59.0 Å². The number of aryl methyl sites for hydroxylation is 1. The Bertz CT molecular complexity index is 613. The normalized spacial score (nSPS) is 16.9. The highest BCUT2D eigenvalue weighted by molar-refractivity contribution is 5.88. The molecule has 6 nitrogen and oxygen atoms in total. The summed E-state index contributed by atoms with van der Waals surface area (Å²) in [4.78, 5) is 19.2. The van der Waals surface area contributed by atoms with Crippen molar-refractivity contribution in [1.29, 1.82) is 0 Å². The molecule has 0 aliphatic carbocycles. The van der Waals surface area contributed by atoms with Gasteiger partial charge in [0, 0.05) is 25.9 Å². The fourth-order valence-electron chi connectivity index (χ4n) is 3.22. The Balaban J connectivity index is 1.97. The van der Waals surface area contributed by atoms with E-state index < -0.39 is 5.60 Å². The second-order valence-corrected chi connectivity index (χ2v) is 8.39. The molecular formula is C21H35N3O3.